The van der Waals surface area contributed by atoms with E-state index in [1.165, 1.54) is 19.4 Å². The maximum atomic E-state index is 11.8. The van der Waals surface area contributed by atoms with E-state index in [-0.39, 0.29) is 47.5 Å². The van der Waals surface area contributed by atoms with Crippen LogP contribution in [0, 0.1) is 23.2 Å². The summed E-state index contributed by atoms with van der Waals surface area (Å²) in [5.74, 6) is 0.514. The fourth-order valence-electron chi connectivity index (χ4n) is 6.02. The van der Waals surface area contributed by atoms with Crippen LogP contribution in [0.1, 0.15) is 79.1 Å². The van der Waals surface area contributed by atoms with Gasteiger partial charge in [-0.25, -0.2) is 0 Å². The predicted octanol–water partition coefficient (Wildman–Crippen LogP) is 4.17. The normalized spacial score (nSPS) is 41.2. The van der Waals surface area contributed by atoms with Crippen molar-refractivity contribution >= 4 is 11.9 Å². The van der Waals surface area contributed by atoms with E-state index < -0.39 is 0 Å². The predicted molar refractivity (Wildman–Crippen MR) is 106 cm³/mol. The molecule has 158 valence electrons. The molecular formula is C23H36O5. The first-order chi connectivity index (χ1) is 13.2. The zero-order valence-corrected chi connectivity index (χ0v) is 17.8. The van der Waals surface area contributed by atoms with Crippen molar-refractivity contribution in [2.24, 2.45) is 23.2 Å². The van der Waals surface area contributed by atoms with Gasteiger partial charge in [-0.1, -0.05) is 25.5 Å². The molecular weight excluding hydrogens is 356 g/mol. The molecule has 0 saturated heterocycles. The van der Waals surface area contributed by atoms with Crippen LogP contribution >= 0.6 is 0 Å². The molecule has 0 unspecified atom stereocenters. The minimum atomic E-state index is -0.241. The number of ether oxygens (including phenoxy) is 2. The van der Waals surface area contributed by atoms with Crippen molar-refractivity contribution in [2.75, 3.05) is 0 Å². The highest BCUT2D eigenvalue weighted by atomic mass is 16.5. The monoisotopic (exact) mass is 392 g/mol. The molecule has 7 atom stereocenters. The van der Waals surface area contributed by atoms with Crippen molar-refractivity contribution in [3.8, 4) is 0 Å². The van der Waals surface area contributed by atoms with Crippen LogP contribution in [0.15, 0.2) is 11.6 Å². The van der Waals surface area contributed by atoms with Crippen molar-refractivity contribution in [1.29, 1.82) is 0 Å². The third-order valence-corrected chi connectivity index (χ3v) is 7.57. The molecule has 3 aliphatic rings. The van der Waals surface area contributed by atoms with E-state index >= 15 is 0 Å². The number of aliphatic hydroxyl groups excluding tert-OH is 1. The molecule has 0 bridgehead atoms. The Morgan fingerprint density at radius 2 is 1.68 bits per heavy atom. The van der Waals surface area contributed by atoms with Gasteiger partial charge in [0.05, 0.1) is 6.10 Å². The van der Waals surface area contributed by atoms with E-state index in [1.54, 1.807) is 0 Å². The van der Waals surface area contributed by atoms with E-state index in [0.717, 1.165) is 51.4 Å². The first-order valence-corrected chi connectivity index (χ1v) is 10.9. The summed E-state index contributed by atoms with van der Waals surface area (Å²) in [4.78, 5) is 23.4. The number of hydrogen-bond donors (Lipinski definition) is 1. The fraction of sp³-hybridized carbons (Fsp3) is 0.826. The molecule has 28 heavy (non-hydrogen) atoms. The first kappa shape index (κ1) is 21.4. The lowest BCUT2D eigenvalue weighted by Crippen LogP contribution is -2.46. The second-order valence-electron chi connectivity index (χ2n) is 9.48. The average Bonchev–Trinajstić information content (AvgIpc) is 2.66. The second kappa shape index (κ2) is 8.56. The summed E-state index contributed by atoms with van der Waals surface area (Å²) in [6, 6.07) is 0. The van der Waals surface area contributed by atoms with Gasteiger partial charge < -0.3 is 14.6 Å². The molecule has 0 radical (unpaired) electrons. The van der Waals surface area contributed by atoms with Crippen LogP contribution in [0.25, 0.3) is 0 Å². The number of fused-ring (bicyclic) bond motifs is 3. The van der Waals surface area contributed by atoms with Gasteiger partial charge in [0.1, 0.15) is 12.2 Å². The molecule has 2 fully saturated rings. The SMILES string of the molecule is CC(=O)O[C@@H]1CC[C@@H](OC(C)=O)[C@@H](C)CC[C@H]2[C@H]1CC=C1C[C@@H](O)CC[C@@]12C. The van der Waals surface area contributed by atoms with Gasteiger partial charge in [-0.2, -0.15) is 0 Å². The molecule has 0 amide bonds. The smallest absolute Gasteiger partial charge is 0.302 e. The number of carbonyl (C=O) groups is 2. The molecule has 0 heterocycles. The molecule has 0 aromatic rings. The Labute approximate surface area is 168 Å². The highest BCUT2D eigenvalue weighted by molar-refractivity contribution is 5.66. The third kappa shape index (κ3) is 4.45. The maximum Gasteiger partial charge on any atom is 0.302 e. The number of esters is 2. The highest BCUT2D eigenvalue weighted by Crippen LogP contribution is 2.56. The first-order valence-electron chi connectivity index (χ1n) is 10.9. The van der Waals surface area contributed by atoms with Gasteiger partial charge in [-0.3, -0.25) is 9.59 Å². The van der Waals surface area contributed by atoms with Gasteiger partial charge in [-0.05, 0) is 68.6 Å². The minimum absolute atomic E-state index is 0.0571. The van der Waals surface area contributed by atoms with Crippen molar-refractivity contribution in [1.82, 2.24) is 0 Å². The van der Waals surface area contributed by atoms with Gasteiger partial charge in [0.25, 0.3) is 0 Å². The topological polar surface area (TPSA) is 72.8 Å². The zero-order chi connectivity index (χ0) is 20.5. The Morgan fingerprint density at radius 3 is 2.36 bits per heavy atom. The van der Waals surface area contributed by atoms with Crippen molar-refractivity contribution in [3.05, 3.63) is 11.6 Å². The van der Waals surface area contributed by atoms with Crippen LogP contribution in [0.2, 0.25) is 0 Å². The summed E-state index contributed by atoms with van der Waals surface area (Å²) in [5.41, 5.74) is 1.44. The summed E-state index contributed by atoms with van der Waals surface area (Å²) in [5, 5.41) is 10.2. The summed E-state index contributed by atoms with van der Waals surface area (Å²) in [6.45, 7) is 7.46. The van der Waals surface area contributed by atoms with E-state index in [1.807, 2.05) is 0 Å². The largest absolute Gasteiger partial charge is 0.462 e. The van der Waals surface area contributed by atoms with Crippen LogP contribution in [0.5, 0.6) is 0 Å². The molecule has 5 nitrogen and oxygen atoms in total. The fourth-order valence-corrected chi connectivity index (χ4v) is 6.02. The third-order valence-electron chi connectivity index (χ3n) is 7.57. The van der Waals surface area contributed by atoms with Crippen LogP contribution in [0.4, 0.5) is 0 Å². The number of aliphatic hydroxyl groups is 1. The molecule has 3 aliphatic carbocycles. The van der Waals surface area contributed by atoms with Crippen LogP contribution in [-0.4, -0.2) is 35.4 Å². The van der Waals surface area contributed by atoms with Crippen LogP contribution < -0.4 is 0 Å². The summed E-state index contributed by atoms with van der Waals surface area (Å²) in [6.07, 6.45) is 8.78. The van der Waals surface area contributed by atoms with Crippen molar-refractivity contribution in [2.45, 2.75) is 97.4 Å². The van der Waals surface area contributed by atoms with Crippen molar-refractivity contribution in [3.63, 3.8) is 0 Å². The second-order valence-corrected chi connectivity index (χ2v) is 9.48. The zero-order valence-electron chi connectivity index (χ0n) is 17.8. The van der Waals surface area contributed by atoms with Crippen LogP contribution in [-0.2, 0) is 19.1 Å². The van der Waals surface area contributed by atoms with Gasteiger partial charge in [0.15, 0.2) is 0 Å². The Morgan fingerprint density at radius 1 is 1.04 bits per heavy atom. The molecule has 1 N–H and O–H groups in total. The molecule has 5 heteroatoms. The lowest BCUT2D eigenvalue weighted by Gasteiger charge is -2.51. The van der Waals surface area contributed by atoms with E-state index in [0.29, 0.717) is 5.92 Å². The quantitative estimate of drug-likeness (QED) is 0.564. The standard InChI is InChI=1S/C23H36O5/c1-14-5-8-20-19(7-6-17-13-18(26)11-12-23(17,20)4)22(28-16(3)25)10-9-21(14)27-15(2)24/h6,14,18-22,26H,5,7-13H2,1-4H3/t14-,18-,19+,20-,21+,22+,23-/m0/s1. The van der Waals surface area contributed by atoms with Crippen molar-refractivity contribution < 1.29 is 24.2 Å². The molecule has 0 spiro atoms. The molecule has 2 saturated carbocycles. The maximum absolute atomic E-state index is 11.8. The molecule has 0 aliphatic heterocycles. The Kier molecular flexibility index (Phi) is 6.53. The van der Waals surface area contributed by atoms with Gasteiger partial charge in [-0.15, -0.1) is 0 Å². The summed E-state index contributed by atoms with van der Waals surface area (Å²) < 4.78 is 11.4. The Bertz CT molecular complexity index is 626. The number of allylic oxidation sites excluding steroid dienone is 1. The van der Waals surface area contributed by atoms with E-state index in [4.69, 9.17) is 9.47 Å². The number of carbonyl (C=O) groups excluding carboxylic acids is 2. The molecule has 0 aromatic heterocycles. The highest BCUT2D eigenvalue weighted by Gasteiger charge is 2.49. The minimum Gasteiger partial charge on any atom is -0.462 e. The number of hydrogen-bond acceptors (Lipinski definition) is 5. The van der Waals surface area contributed by atoms with Gasteiger partial charge in [0.2, 0.25) is 0 Å². The molecule has 0 aromatic carbocycles. The summed E-state index contributed by atoms with van der Waals surface area (Å²) in [7, 11) is 0. The average molecular weight is 393 g/mol. The summed E-state index contributed by atoms with van der Waals surface area (Å²) >= 11 is 0. The number of rotatable bonds is 2. The van der Waals surface area contributed by atoms with Gasteiger partial charge in [0, 0.05) is 19.8 Å². The Balaban J connectivity index is 1.91. The van der Waals surface area contributed by atoms with E-state index in [2.05, 4.69) is 19.9 Å². The molecule has 3 rings (SSSR count). The van der Waals surface area contributed by atoms with E-state index in [9.17, 15) is 14.7 Å². The Hall–Kier alpha value is -1.36. The lowest BCUT2D eigenvalue weighted by molar-refractivity contribution is -0.155. The van der Waals surface area contributed by atoms with Gasteiger partial charge >= 0.3 is 11.9 Å². The lowest BCUT2D eigenvalue weighted by atomic mass is 9.54. The van der Waals surface area contributed by atoms with Crippen LogP contribution in [0.3, 0.4) is 0 Å².